The molecule has 1 aromatic heterocycles. The third-order valence-electron chi connectivity index (χ3n) is 4.51. The summed E-state index contributed by atoms with van der Waals surface area (Å²) < 4.78 is 11.0. The predicted octanol–water partition coefficient (Wildman–Crippen LogP) is 4.61. The number of benzene rings is 2. The molecule has 0 amide bonds. The lowest BCUT2D eigenvalue weighted by Gasteiger charge is -2.28. The second kappa shape index (κ2) is 8.37. The van der Waals surface area contributed by atoms with Crippen LogP contribution in [0.1, 0.15) is 15.2 Å². The van der Waals surface area contributed by atoms with Gasteiger partial charge in [-0.15, -0.1) is 11.3 Å². The number of nitrogens with zero attached hydrogens (tertiary/aromatic N) is 1. The third-order valence-corrected chi connectivity index (χ3v) is 5.69. The first-order valence-corrected chi connectivity index (χ1v) is 9.86. The molecule has 4 rings (SSSR count). The lowest BCUT2D eigenvalue weighted by atomic mass is 10.1. The number of rotatable bonds is 5. The molecule has 2 heterocycles. The second-order valence-corrected chi connectivity index (χ2v) is 7.39. The minimum Gasteiger partial charge on any atom is -0.457 e. The molecule has 2 aromatic carbocycles. The van der Waals surface area contributed by atoms with Crippen molar-refractivity contribution in [2.75, 3.05) is 31.2 Å². The summed E-state index contributed by atoms with van der Waals surface area (Å²) in [6.07, 6.45) is 0. The van der Waals surface area contributed by atoms with Gasteiger partial charge in [0.2, 0.25) is 0 Å². The average molecular weight is 379 g/mol. The molecular weight excluding hydrogens is 358 g/mol. The van der Waals surface area contributed by atoms with Gasteiger partial charge in [0.05, 0.1) is 18.2 Å². The van der Waals surface area contributed by atoms with E-state index in [0.29, 0.717) is 18.1 Å². The van der Waals surface area contributed by atoms with E-state index in [1.807, 2.05) is 54.6 Å². The highest BCUT2D eigenvalue weighted by Crippen LogP contribution is 2.39. The summed E-state index contributed by atoms with van der Waals surface area (Å²) in [5.41, 5.74) is 3.17. The van der Waals surface area contributed by atoms with Crippen LogP contribution in [0.4, 0.5) is 5.00 Å². The Hall–Kier alpha value is -2.63. The lowest BCUT2D eigenvalue weighted by molar-refractivity contribution is 0.0478. The van der Waals surface area contributed by atoms with Crippen molar-refractivity contribution in [2.24, 2.45) is 0 Å². The van der Waals surface area contributed by atoms with Gasteiger partial charge in [-0.1, -0.05) is 60.7 Å². The number of morpholine rings is 1. The largest absolute Gasteiger partial charge is 0.457 e. The first-order chi connectivity index (χ1) is 13.3. The summed E-state index contributed by atoms with van der Waals surface area (Å²) in [6, 6.07) is 21.9. The molecule has 0 unspecified atom stereocenters. The highest BCUT2D eigenvalue weighted by Gasteiger charge is 2.22. The molecule has 0 bridgehead atoms. The van der Waals surface area contributed by atoms with Crippen LogP contribution in [0.15, 0.2) is 66.7 Å². The minimum atomic E-state index is -0.277. The lowest BCUT2D eigenvalue weighted by Crippen LogP contribution is -2.35. The van der Waals surface area contributed by atoms with Crippen molar-refractivity contribution < 1.29 is 14.3 Å². The number of hydrogen-bond donors (Lipinski definition) is 0. The monoisotopic (exact) mass is 379 g/mol. The molecule has 1 saturated heterocycles. The molecule has 0 N–H and O–H groups in total. The topological polar surface area (TPSA) is 38.8 Å². The smallest absolute Gasteiger partial charge is 0.348 e. The van der Waals surface area contributed by atoms with Crippen LogP contribution in [-0.4, -0.2) is 32.3 Å². The van der Waals surface area contributed by atoms with Crippen LogP contribution in [0.5, 0.6) is 0 Å². The molecule has 0 radical (unpaired) electrons. The van der Waals surface area contributed by atoms with Gasteiger partial charge in [-0.2, -0.15) is 0 Å². The third kappa shape index (κ3) is 4.21. The Kier molecular flexibility index (Phi) is 5.51. The van der Waals surface area contributed by atoms with Gasteiger partial charge in [0.25, 0.3) is 0 Å². The molecule has 0 spiro atoms. The van der Waals surface area contributed by atoms with E-state index in [1.54, 1.807) is 0 Å². The Morgan fingerprint density at radius 1 is 1.00 bits per heavy atom. The van der Waals surface area contributed by atoms with Gasteiger partial charge in [-0.05, 0) is 17.2 Å². The van der Waals surface area contributed by atoms with Crippen LogP contribution >= 0.6 is 11.3 Å². The number of anilines is 1. The average Bonchev–Trinajstić information content (AvgIpc) is 3.20. The van der Waals surface area contributed by atoms with E-state index in [4.69, 9.17) is 9.47 Å². The number of ether oxygens (including phenoxy) is 2. The predicted molar refractivity (Wildman–Crippen MR) is 108 cm³/mol. The van der Waals surface area contributed by atoms with Crippen molar-refractivity contribution in [2.45, 2.75) is 6.61 Å². The standard InChI is InChI=1S/C22H21NO3S/c24-22(26-16-17-7-3-1-4-8-17)20-15-19(18-9-5-2-6-10-18)21(27-20)23-11-13-25-14-12-23/h1-10,15H,11-14,16H2. The maximum absolute atomic E-state index is 12.6. The molecule has 1 aliphatic heterocycles. The van der Waals surface area contributed by atoms with E-state index < -0.39 is 0 Å². The molecule has 27 heavy (non-hydrogen) atoms. The van der Waals surface area contributed by atoms with Crippen LogP contribution in [0.25, 0.3) is 11.1 Å². The van der Waals surface area contributed by atoms with Crippen molar-refractivity contribution in [1.82, 2.24) is 0 Å². The molecule has 0 saturated carbocycles. The molecule has 5 heteroatoms. The molecule has 1 fully saturated rings. The van der Waals surface area contributed by atoms with Gasteiger partial charge < -0.3 is 14.4 Å². The summed E-state index contributed by atoms with van der Waals surface area (Å²) in [5.74, 6) is -0.277. The number of carbonyl (C=O) groups is 1. The Balaban J connectivity index is 1.59. The highest BCUT2D eigenvalue weighted by molar-refractivity contribution is 7.18. The first kappa shape index (κ1) is 17.8. The zero-order valence-electron chi connectivity index (χ0n) is 15.0. The van der Waals surface area contributed by atoms with Gasteiger partial charge >= 0.3 is 5.97 Å². The normalized spacial score (nSPS) is 14.1. The Morgan fingerprint density at radius 2 is 1.67 bits per heavy atom. The molecular formula is C22H21NO3S. The van der Waals surface area contributed by atoms with Crippen LogP contribution in [0, 0.1) is 0 Å². The maximum Gasteiger partial charge on any atom is 0.348 e. The summed E-state index contributed by atoms with van der Waals surface area (Å²) in [5, 5.41) is 1.11. The van der Waals surface area contributed by atoms with Crippen molar-refractivity contribution in [3.63, 3.8) is 0 Å². The van der Waals surface area contributed by atoms with Crippen LogP contribution in [0.2, 0.25) is 0 Å². The molecule has 4 nitrogen and oxygen atoms in total. The maximum atomic E-state index is 12.6. The fraction of sp³-hybridized carbons (Fsp3) is 0.227. The SMILES string of the molecule is O=C(OCc1ccccc1)c1cc(-c2ccccc2)c(N2CCOCC2)s1. The summed E-state index contributed by atoms with van der Waals surface area (Å²) in [4.78, 5) is 15.6. The van der Waals surface area contributed by atoms with Crippen LogP contribution in [0.3, 0.4) is 0 Å². The molecule has 3 aromatic rings. The number of hydrogen-bond acceptors (Lipinski definition) is 5. The second-order valence-electron chi connectivity index (χ2n) is 6.36. The van der Waals surface area contributed by atoms with Gasteiger partial charge in [0.1, 0.15) is 11.5 Å². The molecule has 138 valence electrons. The summed E-state index contributed by atoms with van der Waals surface area (Å²) in [7, 11) is 0. The van der Waals surface area contributed by atoms with Crippen molar-refractivity contribution in [1.29, 1.82) is 0 Å². The zero-order valence-corrected chi connectivity index (χ0v) is 15.8. The zero-order chi connectivity index (χ0) is 18.5. The number of carbonyl (C=O) groups excluding carboxylic acids is 1. The van der Waals surface area contributed by atoms with Crippen LogP contribution < -0.4 is 4.90 Å². The summed E-state index contributed by atoms with van der Waals surface area (Å²) in [6.45, 7) is 3.36. The Bertz CT molecular complexity index is 886. The van der Waals surface area contributed by atoms with Gasteiger partial charge in [0, 0.05) is 18.7 Å². The number of esters is 1. The minimum absolute atomic E-state index is 0.277. The van der Waals surface area contributed by atoms with E-state index in [0.717, 1.165) is 34.8 Å². The van der Waals surface area contributed by atoms with Crippen molar-refractivity contribution >= 4 is 22.3 Å². The van der Waals surface area contributed by atoms with E-state index >= 15 is 0 Å². The van der Waals surface area contributed by atoms with Gasteiger partial charge in [-0.3, -0.25) is 0 Å². The fourth-order valence-electron chi connectivity index (χ4n) is 3.10. The van der Waals surface area contributed by atoms with Crippen molar-refractivity contribution in [3.05, 3.63) is 77.2 Å². The molecule has 0 aliphatic carbocycles. The molecule has 1 aliphatic rings. The highest BCUT2D eigenvalue weighted by atomic mass is 32.1. The van der Waals surface area contributed by atoms with E-state index in [-0.39, 0.29) is 12.6 Å². The van der Waals surface area contributed by atoms with Gasteiger partial charge in [0.15, 0.2) is 0 Å². The van der Waals surface area contributed by atoms with E-state index in [9.17, 15) is 4.79 Å². The van der Waals surface area contributed by atoms with E-state index in [1.165, 1.54) is 11.3 Å². The molecule has 0 atom stereocenters. The summed E-state index contributed by atoms with van der Waals surface area (Å²) >= 11 is 1.50. The Labute approximate surface area is 163 Å². The van der Waals surface area contributed by atoms with Crippen molar-refractivity contribution in [3.8, 4) is 11.1 Å². The first-order valence-electron chi connectivity index (χ1n) is 9.04. The van der Waals surface area contributed by atoms with E-state index in [2.05, 4.69) is 17.0 Å². The van der Waals surface area contributed by atoms with Gasteiger partial charge in [-0.25, -0.2) is 4.79 Å². The number of thiophene rings is 1. The quantitative estimate of drug-likeness (QED) is 0.607. The fourth-order valence-corrected chi connectivity index (χ4v) is 4.23. The Morgan fingerprint density at radius 3 is 2.37 bits per heavy atom. The van der Waals surface area contributed by atoms with Crippen LogP contribution in [-0.2, 0) is 16.1 Å².